The third-order valence-corrected chi connectivity index (χ3v) is 7.65. The van der Waals surface area contributed by atoms with Crippen molar-refractivity contribution in [1.82, 2.24) is 4.57 Å². The van der Waals surface area contributed by atoms with E-state index in [4.69, 9.17) is 29.1 Å². The molecule has 12 nitrogen and oxygen atoms in total. The fourth-order valence-electron chi connectivity index (χ4n) is 5.46. The molecule has 3 heterocycles. The zero-order valence-corrected chi connectivity index (χ0v) is 23.7. The second kappa shape index (κ2) is 10.8. The molecule has 0 radical (unpaired) electrons. The number of amides is 1. The van der Waals surface area contributed by atoms with Crippen LogP contribution in [0.25, 0.3) is 21.9 Å². The number of ether oxygens (including phenoxy) is 4. The van der Waals surface area contributed by atoms with Gasteiger partial charge < -0.3 is 43.9 Å². The number of carbonyl (C=O) groups excluding carboxylic acids is 2. The quantitative estimate of drug-likeness (QED) is 0.218. The third-order valence-electron chi connectivity index (χ3n) is 7.65. The number of Topliss-reactive ketones (excluding diaryl/α,β-unsaturated/α-hetero) is 1. The Balaban J connectivity index is 1.44. The molecule has 0 spiro atoms. The highest BCUT2D eigenvalue weighted by molar-refractivity contribution is 6.01. The number of aryl methyl sites for hydroxylation is 2. The number of benzene rings is 2. The molecule has 1 saturated heterocycles. The minimum Gasteiger partial charge on any atom is -0.507 e. The lowest BCUT2D eigenvalue weighted by atomic mass is 9.89. The molecule has 4 N–H and O–H groups in total. The molecule has 42 heavy (non-hydrogen) atoms. The highest BCUT2D eigenvalue weighted by atomic mass is 16.7. The summed E-state index contributed by atoms with van der Waals surface area (Å²) in [4.78, 5) is 37.6. The van der Waals surface area contributed by atoms with Crippen LogP contribution in [-0.4, -0.2) is 64.0 Å². The van der Waals surface area contributed by atoms with Crippen molar-refractivity contribution in [3.05, 3.63) is 69.7 Å². The van der Waals surface area contributed by atoms with Crippen molar-refractivity contribution in [3.8, 4) is 11.5 Å². The average Bonchev–Trinajstić information content (AvgIpc) is 3.30. The summed E-state index contributed by atoms with van der Waals surface area (Å²) in [6.45, 7) is 4.94. The number of aromatic nitrogens is 1. The van der Waals surface area contributed by atoms with Crippen LogP contribution in [0.5, 0.6) is 11.5 Å². The number of hydrogen-bond acceptors (Lipinski definition) is 10. The molecule has 1 aliphatic heterocycles. The van der Waals surface area contributed by atoms with E-state index in [-0.39, 0.29) is 40.2 Å². The van der Waals surface area contributed by atoms with Crippen molar-refractivity contribution >= 4 is 33.7 Å². The lowest BCUT2D eigenvalue weighted by Crippen LogP contribution is -2.65. The summed E-state index contributed by atoms with van der Waals surface area (Å²) in [5.74, 6) is -0.569. The highest BCUT2D eigenvalue weighted by Gasteiger charge is 2.53. The minimum absolute atomic E-state index is 0.0284. The smallest absolute Gasteiger partial charge is 0.404 e. The summed E-state index contributed by atoms with van der Waals surface area (Å²) in [6.07, 6.45) is -4.47. The second-order valence-corrected chi connectivity index (χ2v) is 10.8. The molecular formula is C30H32N2O10. The van der Waals surface area contributed by atoms with E-state index in [1.807, 2.05) is 29.9 Å². The van der Waals surface area contributed by atoms with Gasteiger partial charge in [-0.05, 0) is 50.4 Å². The molecule has 0 aliphatic carbocycles. The van der Waals surface area contributed by atoms with E-state index >= 15 is 0 Å². The van der Waals surface area contributed by atoms with Crippen LogP contribution in [0.4, 0.5) is 4.79 Å². The number of aliphatic hydroxyl groups is 1. The van der Waals surface area contributed by atoms with Gasteiger partial charge in [0.1, 0.15) is 23.2 Å². The van der Waals surface area contributed by atoms with Crippen molar-refractivity contribution in [2.45, 2.75) is 57.4 Å². The van der Waals surface area contributed by atoms with Gasteiger partial charge in [0.25, 0.3) is 0 Å². The Bertz CT molecular complexity index is 1750. The average molecular weight is 581 g/mol. The van der Waals surface area contributed by atoms with Gasteiger partial charge in [0, 0.05) is 43.4 Å². The summed E-state index contributed by atoms with van der Waals surface area (Å²) in [6, 6.07) is 10.1. The summed E-state index contributed by atoms with van der Waals surface area (Å²) in [5.41, 5.74) is 4.70. The van der Waals surface area contributed by atoms with E-state index in [2.05, 4.69) is 0 Å². The van der Waals surface area contributed by atoms with E-state index in [9.17, 15) is 24.6 Å². The third kappa shape index (κ3) is 5.08. The first-order valence-corrected chi connectivity index (χ1v) is 13.2. The first-order chi connectivity index (χ1) is 19.8. The van der Waals surface area contributed by atoms with Crippen molar-refractivity contribution in [2.75, 3.05) is 7.11 Å². The Morgan fingerprint density at radius 1 is 1.17 bits per heavy atom. The largest absolute Gasteiger partial charge is 0.507 e. The number of carbonyl (C=O) groups is 2. The molecule has 2 aromatic carbocycles. The molecule has 1 fully saturated rings. The monoisotopic (exact) mass is 580 g/mol. The predicted octanol–water partition coefficient (Wildman–Crippen LogP) is 3.08. The molecule has 222 valence electrons. The van der Waals surface area contributed by atoms with Crippen LogP contribution in [-0.2, 0) is 27.7 Å². The number of aliphatic hydroxyl groups excluding tert-OH is 1. The van der Waals surface area contributed by atoms with E-state index < -0.39 is 41.9 Å². The van der Waals surface area contributed by atoms with Gasteiger partial charge in [0.15, 0.2) is 18.0 Å². The van der Waals surface area contributed by atoms with Gasteiger partial charge in [0.05, 0.1) is 16.6 Å². The zero-order chi connectivity index (χ0) is 30.5. The maximum absolute atomic E-state index is 13.1. The van der Waals surface area contributed by atoms with Gasteiger partial charge in [-0.3, -0.25) is 4.79 Å². The number of fused-ring (bicyclic) bond motifs is 2. The van der Waals surface area contributed by atoms with Crippen LogP contribution in [0.3, 0.4) is 0 Å². The molecule has 0 saturated carbocycles. The van der Waals surface area contributed by atoms with Crippen molar-refractivity contribution in [2.24, 2.45) is 12.8 Å². The first-order valence-electron chi connectivity index (χ1n) is 13.2. The Morgan fingerprint density at radius 2 is 1.90 bits per heavy atom. The molecule has 0 bridgehead atoms. The molecule has 4 aromatic rings. The number of primary amides is 1. The minimum atomic E-state index is -1.49. The Kier molecular flexibility index (Phi) is 7.48. The molecule has 0 unspecified atom stereocenters. The van der Waals surface area contributed by atoms with Crippen LogP contribution in [0.1, 0.15) is 35.3 Å². The molecule has 1 amide bonds. The van der Waals surface area contributed by atoms with Gasteiger partial charge in [-0.25, -0.2) is 9.59 Å². The normalized spacial score (nSPS) is 21.9. The maximum atomic E-state index is 13.1. The van der Waals surface area contributed by atoms with Crippen molar-refractivity contribution in [3.63, 3.8) is 0 Å². The van der Waals surface area contributed by atoms with Crippen LogP contribution < -0.4 is 16.1 Å². The van der Waals surface area contributed by atoms with E-state index in [0.717, 1.165) is 10.9 Å². The Hall–Kier alpha value is -4.39. The topological polar surface area (TPSA) is 173 Å². The van der Waals surface area contributed by atoms with E-state index in [1.54, 1.807) is 32.9 Å². The standard InChI is InChI=1S/C30H32N2O10/c1-14-21(39-28-23(35)25(41-29(31)37)26(38-5)30(2,3)42-28)9-8-17-22(34)18(27(36)40-24(14)17)13-20(33)16-7-6-15-10-11-32(4)19(15)12-16/h6-12,23,25-26,28,34-35H,13H2,1-5H3,(H2,31,37)/t23-,25+,26-,28-/m1/s1. The number of aromatic hydroxyl groups is 1. The van der Waals surface area contributed by atoms with Gasteiger partial charge in [-0.15, -0.1) is 0 Å². The predicted molar refractivity (Wildman–Crippen MR) is 151 cm³/mol. The first kappa shape index (κ1) is 29.1. The number of rotatable bonds is 7. The summed E-state index contributed by atoms with van der Waals surface area (Å²) in [7, 11) is 3.25. The fourth-order valence-corrected chi connectivity index (χ4v) is 5.46. The number of hydrogen-bond donors (Lipinski definition) is 3. The summed E-state index contributed by atoms with van der Waals surface area (Å²) < 4.78 is 29.9. The number of methoxy groups -OCH3 is 1. The SMILES string of the molecule is CO[C@@H]1[C@@H](OC(N)=O)[C@@H](O)[C@H](Oc2ccc3c(O)c(CC(=O)c4ccc5ccn(C)c5c4)c(=O)oc3c2C)OC1(C)C. The van der Waals surface area contributed by atoms with Gasteiger partial charge in [-0.2, -0.15) is 0 Å². The van der Waals surface area contributed by atoms with Gasteiger partial charge in [0.2, 0.25) is 6.29 Å². The molecule has 4 atom stereocenters. The van der Waals surface area contributed by atoms with Crippen LogP contribution in [0, 0.1) is 6.92 Å². The maximum Gasteiger partial charge on any atom is 0.404 e. The van der Waals surface area contributed by atoms with Gasteiger partial charge in [-0.1, -0.05) is 12.1 Å². The number of nitrogens with two attached hydrogens (primary N) is 1. The number of nitrogens with zero attached hydrogens (tertiary/aromatic N) is 1. The molecule has 1 aliphatic rings. The van der Waals surface area contributed by atoms with Crippen molar-refractivity contribution in [1.29, 1.82) is 0 Å². The molecule has 2 aromatic heterocycles. The molecule has 5 rings (SSSR count). The highest BCUT2D eigenvalue weighted by Crippen LogP contribution is 2.38. The van der Waals surface area contributed by atoms with Crippen LogP contribution in [0.15, 0.2) is 51.8 Å². The van der Waals surface area contributed by atoms with Crippen molar-refractivity contribution < 1.29 is 43.2 Å². The fraction of sp³-hybridized carbons (Fsp3) is 0.367. The van der Waals surface area contributed by atoms with Crippen LogP contribution in [0.2, 0.25) is 0 Å². The zero-order valence-electron chi connectivity index (χ0n) is 23.7. The Labute approximate surface area is 240 Å². The Morgan fingerprint density at radius 3 is 2.60 bits per heavy atom. The summed E-state index contributed by atoms with van der Waals surface area (Å²) >= 11 is 0. The lowest BCUT2D eigenvalue weighted by Gasteiger charge is -2.47. The lowest BCUT2D eigenvalue weighted by molar-refractivity contribution is -0.304. The molecular weight excluding hydrogens is 548 g/mol. The van der Waals surface area contributed by atoms with E-state index in [0.29, 0.717) is 11.1 Å². The molecule has 12 heteroatoms. The van der Waals surface area contributed by atoms with Crippen LogP contribution >= 0.6 is 0 Å². The second-order valence-electron chi connectivity index (χ2n) is 10.8. The summed E-state index contributed by atoms with van der Waals surface area (Å²) in [5, 5.41) is 23.1. The van der Waals surface area contributed by atoms with Gasteiger partial charge >= 0.3 is 11.7 Å². The van der Waals surface area contributed by atoms with E-state index in [1.165, 1.54) is 19.2 Å². The number of ketones is 1.